The molecular formula is C22H24N4O. The average molecular weight is 360 g/mol. The highest BCUT2D eigenvalue weighted by Crippen LogP contribution is 2.21. The molecule has 1 aliphatic heterocycles. The highest BCUT2D eigenvalue weighted by atomic mass is 16.1. The zero-order valence-electron chi connectivity index (χ0n) is 15.3. The third-order valence-corrected chi connectivity index (χ3v) is 5.00. The van der Waals surface area contributed by atoms with Gasteiger partial charge in [0.1, 0.15) is 0 Å². The number of anilines is 1. The maximum atomic E-state index is 12.6. The number of hydrogen-bond acceptors (Lipinski definition) is 3. The Balaban J connectivity index is 1.40. The van der Waals surface area contributed by atoms with Crippen LogP contribution in [0.4, 0.5) is 5.69 Å². The summed E-state index contributed by atoms with van der Waals surface area (Å²) in [5.41, 5.74) is 4.61. The highest BCUT2D eigenvalue weighted by Gasteiger charge is 2.11. The first-order chi connectivity index (χ1) is 13.3. The van der Waals surface area contributed by atoms with Crippen molar-refractivity contribution in [3.8, 4) is 11.3 Å². The molecule has 0 saturated carbocycles. The number of carbonyl (C=O) groups is 1. The minimum absolute atomic E-state index is 0.0960. The van der Waals surface area contributed by atoms with Crippen LogP contribution < -0.4 is 5.32 Å². The molecule has 0 unspecified atom stereocenters. The van der Waals surface area contributed by atoms with E-state index in [0.717, 1.165) is 23.5 Å². The van der Waals surface area contributed by atoms with Crippen molar-refractivity contribution in [3.63, 3.8) is 0 Å². The largest absolute Gasteiger partial charge is 0.322 e. The Morgan fingerprint density at radius 2 is 1.85 bits per heavy atom. The van der Waals surface area contributed by atoms with Gasteiger partial charge in [-0.25, -0.2) is 0 Å². The minimum atomic E-state index is -0.0960. The SMILES string of the molecule is O=C(Nc1cccc(-c2ccn[nH]2)c1)c1ccc(CN2CCCCC2)cc1. The van der Waals surface area contributed by atoms with E-state index in [1.165, 1.54) is 37.9 Å². The maximum Gasteiger partial charge on any atom is 0.255 e. The molecule has 1 saturated heterocycles. The monoisotopic (exact) mass is 360 g/mol. The lowest BCUT2D eigenvalue weighted by Crippen LogP contribution is -2.29. The summed E-state index contributed by atoms with van der Waals surface area (Å²) in [6.07, 6.45) is 5.64. The topological polar surface area (TPSA) is 61.0 Å². The third kappa shape index (κ3) is 4.44. The van der Waals surface area contributed by atoms with E-state index in [-0.39, 0.29) is 5.91 Å². The fraction of sp³-hybridized carbons (Fsp3) is 0.273. The molecule has 0 radical (unpaired) electrons. The first kappa shape index (κ1) is 17.5. The molecule has 1 fully saturated rings. The van der Waals surface area contributed by atoms with Crippen molar-refractivity contribution in [2.45, 2.75) is 25.8 Å². The summed E-state index contributed by atoms with van der Waals surface area (Å²) in [6.45, 7) is 3.32. The molecule has 1 aromatic heterocycles. The lowest BCUT2D eigenvalue weighted by molar-refractivity contribution is 0.102. The normalized spacial score (nSPS) is 14.8. The molecule has 0 bridgehead atoms. The molecule has 5 nitrogen and oxygen atoms in total. The van der Waals surface area contributed by atoms with E-state index in [4.69, 9.17) is 0 Å². The van der Waals surface area contributed by atoms with Crippen LogP contribution in [0.5, 0.6) is 0 Å². The number of nitrogens with one attached hydrogen (secondary N) is 2. The van der Waals surface area contributed by atoms with Crippen molar-refractivity contribution in [1.29, 1.82) is 0 Å². The van der Waals surface area contributed by atoms with Crippen LogP contribution in [0.15, 0.2) is 60.8 Å². The van der Waals surface area contributed by atoms with Crippen LogP contribution in [0, 0.1) is 0 Å². The lowest BCUT2D eigenvalue weighted by Gasteiger charge is -2.26. The van der Waals surface area contributed by atoms with Gasteiger partial charge < -0.3 is 5.32 Å². The lowest BCUT2D eigenvalue weighted by atomic mass is 10.1. The molecule has 2 heterocycles. The quantitative estimate of drug-likeness (QED) is 0.712. The Hall–Kier alpha value is -2.92. The molecule has 1 amide bonds. The summed E-state index contributed by atoms with van der Waals surface area (Å²) in [5.74, 6) is -0.0960. The summed E-state index contributed by atoms with van der Waals surface area (Å²) in [7, 11) is 0. The van der Waals surface area contributed by atoms with Crippen LogP contribution >= 0.6 is 0 Å². The van der Waals surface area contributed by atoms with Crippen LogP contribution in [-0.2, 0) is 6.54 Å². The Morgan fingerprint density at radius 1 is 1.04 bits per heavy atom. The Labute approximate surface area is 159 Å². The van der Waals surface area contributed by atoms with E-state index in [1.54, 1.807) is 6.20 Å². The Bertz CT molecular complexity index is 881. The van der Waals surface area contributed by atoms with E-state index in [9.17, 15) is 4.79 Å². The van der Waals surface area contributed by atoms with Gasteiger partial charge in [0, 0.05) is 29.6 Å². The van der Waals surface area contributed by atoms with E-state index < -0.39 is 0 Å². The second-order valence-corrected chi connectivity index (χ2v) is 7.04. The van der Waals surface area contributed by atoms with Crippen molar-refractivity contribution in [1.82, 2.24) is 15.1 Å². The van der Waals surface area contributed by atoms with Crippen LogP contribution in [0.1, 0.15) is 35.2 Å². The zero-order valence-corrected chi connectivity index (χ0v) is 15.3. The number of carbonyl (C=O) groups excluding carboxylic acids is 1. The molecule has 2 aromatic carbocycles. The van der Waals surface area contributed by atoms with Gasteiger partial charge in [-0.15, -0.1) is 0 Å². The van der Waals surface area contributed by atoms with E-state index >= 15 is 0 Å². The molecule has 2 N–H and O–H groups in total. The predicted molar refractivity (Wildman–Crippen MR) is 108 cm³/mol. The number of rotatable bonds is 5. The van der Waals surface area contributed by atoms with E-state index in [1.807, 2.05) is 42.5 Å². The standard InChI is InChI=1S/C22H24N4O/c27-22(24-20-6-4-5-19(15-20)21-11-12-23-25-21)18-9-7-17(8-10-18)16-26-13-2-1-3-14-26/h4-12,15H,1-3,13-14,16H2,(H,23,25)(H,24,27). The Morgan fingerprint density at radius 3 is 2.59 bits per heavy atom. The van der Waals surface area contributed by atoms with Gasteiger partial charge in [-0.3, -0.25) is 14.8 Å². The second-order valence-electron chi connectivity index (χ2n) is 7.04. The molecule has 4 rings (SSSR count). The number of likely N-dealkylation sites (tertiary alicyclic amines) is 1. The van der Waals surface area contributed by atoms with Gasteiger partial charge in [-0.05, 0) is 61.8 Å². The third-order valence-electron chi connectivity index (χ3n) is 5.00. The zero-order chi connectivity index (χ0) is 18.5. The van der Waals surface area contributed by atoms with E-state index in [0.29, 0.717) is 5.56 Å². The summed E-state index contributed by atoms with van der Waals surface area (Å²) in [5, 5.41) is 9.89. The molecule has 1 aliphatic rings. The molecule has 27 heavy (non-hydrogen) atoms. The number of aromatic nitrogens is 2. The van der Waals surface area contributed by atoms with Gasteiger partial charge in [0.25, 0.3) is 5.91 Å². The van der Waals surface area contributed by atoms with Crippen LogP contribution in [-0.4, -0.2) is 34.1 Å². The van der Waals surface area contributed by atoms with Crippen LogP contribution in [0.25, 0.3) is 11.3 Å². The number of aromatic amines is 1. The van der Waals surface area contributed by atoms with Crippen molar-refractivity contribution in [3.05, 3.63) is 71.9 Å². The first-order valence-electron chi connectivity index (χ1n) is 9.50. The van der Waals surface area contributed by atoms with Crippen molar-refractivity contribution in [2.24, 2.45) is 0 Å². The average Bonchev–Trinajstić information content (AvgIpc) is 3.24. The fourth-order valence-corrected chi connectivity index (χ4v) is 3.52. The van der Waals surface area contributed by atoms with Crippen LogP contribution in [0.3, 0.4) is 0 Å². The number of benzene rings is 2. The summed E-state index contributed by atoms with van der Waals surface area (Å²) in [6, 6.07) is 17.6. The molecular weight excluding hydrogens is 336 g/mol. The maximum absolute atomic E-state index is 12.6. The molecule has 0 spiro atoms. The number of nitrogens with zero attached hydrogens (tertiary/aromatic N) is 2. The van der Waals surface area contributed by atoms with Crippen LogP contribution in [0.2, 0.25) is 0 Å². The number of hydrogen-bond donors (Lipinski definition) is 2. The molecule has 5 heteroatoms. The molecule has 0 aliphatic carbocycles. The van der Waals surface area contributed by atoms with Gasteiger partial charge in [0.15, 0.2) is 0 Å². The number of amides is 1. The Kier molecular flexibility index (Phi) is 5.30. The van der Waals surface area contributed by atoms with Crippen molar-refractivity contribution >= 4 is 11.6 Å². The van der Waals surface area contributed by atoms with E-state index in [2.05, 4.69) is 32.5 Å². The molecule has 0 atom stereocenters. The van der Waals surface area contributed by atoms with Gasteiger partial charge in [-0.2, -0.15) is 5.10 Å². The molecule has 138 valence electrons. The second kappa shape index (κ2) is 8.18. The minimum Gasteiger partial charge on any atom is -0.322 e. The molecule has 3 aromatic rings. The summed E-state index contributed by atoms with van der Waals surface area (Å²) in [4.78, 5) is 15.1. The van der Waals surface area contributed by atoms with Gasteiger partial charge in [0.05, 0.1) is 5.69 Å². The number of H-pyrrole nitrogens is 1. The predicted octanol–water partition coefficient (Wildman–Crippen LogP) is 4.31. The summed E-state index contributed by atoms with van der Waals surface area (Å²) < 4.78 is 0. The van der Waals surface area contributed by atoms with Crippen molar-refractivity contribution in [2.75, 3.05) is 18.4 Å². The van der Waals surface area contributed by atoms with Gasteiger partial charge >= 0.3 is 0 Å². The van der Waals surface area contributed by atoms with Crippen molar-refractivity contribution < 1.29 is 4.79 Å². The van der Waals surface area contributed by atoms with Gasteiger partial charge in [0.2, 0.25) is 0 Å². The highest BCUT2D eigenvalue weighted by molar-refractivity contribution is 6.04. The summed E-state index contributed by atoms with van der Waals surface area (Å²) >= 11 is 0. The first-order valence-corrected chi connectivity index (χ1v) is 9.50. The van der Waals surface area contributed by atoms with Gasteiger partial charge in [-0.1, -0.05) is 30.7 Å². The number of piperidine rings is 1. The fourth-order valence-electron chi connectivity index (χ4n) is 3.52. The smallest absolute Gasteiger partial charge is 0.255 e.